The van der Waals surface area contributed by atoms with Crippen LogP contribution in [0.4, 0.5) is 0 Å². The lowest BCUT2D eigenvalue weighted by atomic mass is 9.65. The molecule has 3 fully saturated rings. The van der Waals surface area contributed by atoms with Crippen molar-refractivity contribution < 1.29 is 19.1 Å². The number of carbonyl (C=O) groups excluding carboxylic acids is 3. The summed E-state index contributed by atoms with van der Waals surface area (Å²) in [6, 6.07) is 13.8. The molecule has 7 nitrogen and oxygen atoms in total. The van der Waals surface area contributed by atoms with E-state index in [2.05, 4.69) is 41.8 Å². The van der Waals surface area contributed by atoms with Crippen molar-refractivity contribution in [1.82, 2.24) is 15.5 Å². The highest BCUT2D eigenvalue weighted by Gasteiger charge is 2.47. The maximum Gasteiger partial charge on any atom is 0.255 e. The third kappa shape index (κ3) is 4.43. The Morgan fingerprint density at radius 2 is 1.68 bits per heavy atom. The minimum Gasteiger partial charge on any atom is -0.489 e. The molecule has 2 unspecified atom stereocenters. The molecule has 2 aromatic carbocycles. The first kappa shape index (κ1) is 24.2. The van der Waals surface area contributed by atoms with Gasteiger partial charge in [-0.05, 0) is 85.7 Å². The zero-order chi connectivity index (χ0) is 25.6. The maximum atomic E-state index is 13.1. The number of nitrogens with zero attached hydrogens (tertiary/aromatic N) is 1. The van der Waals surface area contributed by atoms with E-state index in [1.807, 2.05) is 12.1 Å². The van der Waals surface area contributed by atoms with Crippen molar-refractivity contribution in [2.45, 2.75) is 70.1 Å². The average molecular weight is 502 g/mol. The van der Waals surface area contributed by atoms with Crippen LogP contribution in [-0.4, -0.2) is 41.8 Å². The molecule has 3 amide bonds. The fourth-order valence-corrected chi connectivity index (χ4v) is 6.72. The van der Waals surface area contributed by atoms with Gasteiger partial charge in [-0.1, -0.05) is 37.3 Å². The molecule has 2 N–H and O–H groups in total. The molecule has 1 saturated carbocycles. The van der Waals surface area contributed by atoms with E-state index in [1.165, 1.54) is 31.2 Å². The van der Waals surface area contributed by atoms with Gasteiger partial charge in [-0.15, -0.1) is 0 Å². The van der Waals surface area contributed by atoms with Crippen molar-refractivity contribution in [1.29, 1.82) is 0 Å². The minimum atomic E-state index is -0.626. The summed E-state index contributed by atoms with van der Waals surface area (Å²) in [5.41, 5.74) is 4.15. The number of imide groups is 1. The van der Waals surface area contributed by atoms with Gasteiger partial charge in [-0.3, -0.25) is 19.7 Å². The standard InChI is InChI=1S/C30H35N3O4/c1-30(21-9-10-21,22-13-15-31-16-14-22)20-7-5-19(6-8-20)18-37-26-4-2-3-23-24(26)17-33(29(23)36)25-11-12-27(34)32-28(25)35/h2-8,21-22,25,31H,9-18H2,1H3,(H,32,34,35). The average Bonchev–Trinajstić information content (AvgIpc) is 3.72. The number of ether oxygens (including phenoxy) is 1. The van der Waals surface area contributed by atoms with E-state index in [4.69, 9.17) is 4.74 Å². The predicted molar refractivity (Wildman–Crippen MR) is 139 cm³/mol. The topological polar surface area (TPSA) is 87.7 Å². The molecule has 0 bridgehead atoms. The van der Waals surface area contributed by atoms with Gasteiger partial charge in [0.15, 0.2) is 0 Å². The summed E-state index contributed by atoms with van der Waals surface area (Å²) < 4.78 is 6.22. The van der Waals surface area contributed by atoms with Gasteiger partial charge in [0.25, 0.3) is 5.91 Å². The van der Waals surface area contributed by atoms with Crippen molar-refractivity contribution in [3.63, 3.8) is 0 Å². The highest BCUT2D eigenvalue weighted by atomic mass is 16.5. The fourth-order valence-electron chi connectivity index (χ4n) is 6.72. The minimum absolute atomic E-state index is 0.184. The summed E-state index contributed by atoms with van der Waals surface area (Å²) >= 11 is 0. The quantitative estimate of drug-likeness (QED) is 0.565. The molecule has 0 aromatic heterocycles. The van der Waals surface area contributed by atoms with Crippen molar-refractivity contribution in [2.24, 2.45) is 11.8 Å². The van der Waals surface area contributed by atoms with Crippen LogP contribution < -0.4 is 15.4 Å². The van der Waals surface area contributed by atoms with E-state index in [9.17, 15) is 14.4 Å². The molecular formula is C30H35N3O4. The predicted octanol–water partition coefficient (Wildman–Crippen LogP) is 3.69. The van der Waals surface area contributed by atoms with Gasteiger partial charge < -0.3 is 15.0 Å². The Hall–Kier alpha value is -3.19. The Kier molecular flexibility index (Phi) is 6.27. The zero-order valence-electron chi connectivity index (χ0n) is 21.4. The van der Waals surface area contributed by atoms with Gasteiger partial charge in [0.2, 0.25) is 11.8 Å². The number of amides is 3. The zero-order valence-corrected chi connectivity index (χ0v) is 21.4. The second kappa shape index (κ2) is 9.60. The van der Waals surface area contributed by atoms with Gasteiger partial charge in [0.05, 0.1) is 6.54 Å². The lowest BCUT2D eigenvalue weighted by Crippen LogP contribution is -2.52. The Morgan fingerprint density at radius 1 is 0.946 bits per heavy atom. The first-order chi connectivity index (χ1) is 17.9. The number of fused-ring (bicyclic) bond motifs is 1. The van der Waals surface area contributed by atoms with Crippen molar-refractivity contribution >= 4 is 17.7 Å². The van der Waals surface area contributed by atoms with Crippen LogP contribution in [0.3, 0.4) is 0 Å². The Balaban J connectivity index is 1.15. The highest BCUT2D eigenvalue weighted by Crippen LogP contribution is 2.53. The van der Waals surface area contributed by atoms with E-state index >= 15 is 0 Å². The van der Waals surface area contributed by atoms with E-state index in [0.717, 1.165) is 36.1 Å². The van der Waals surface area contributed by atoms with Crippen LogP contribution in [0.5, 0.6) is 5.75 Å². The number of nitrogens with one attached hydrogen (secondary N) is 2. The van der Waals surface area contributed by atoms with Crippen LogP contribution in [-0.2, 0) is 28.2 Å². The van der Waals surface area contributed by atoms with Crippen LogP contribution in [0.15, 0.2) is 42.5 Å². The number of piperidine rings is 2. The molecule has 2 saturated heterocycles. The lowest BCUT2D eigenvalue weighted by Gasteiger charge is -2.41. The summed E-state index contributed by atoms with van der Waals surface area (Å²) in [4.78, 5) is 38.5. The third-order valence-corrected chi connectivity index (χ3v) is 9.12. The summed E-state index contributed by atoms with van der Waals surface area (Å²) in [6.07, 6.45) is 5.74. The van der Waals surface area contributed by atoms with Gasteiger partial charge in [0.1, 0.15) is 18.4 Å². The summed E-state index contributed by atoms with van der Waals surface area (Å²) in [5, 5.41) is 5.87. The number of hydrogen-bond donors (Lipinski definition) is 2. The molecule has 7 heteroatoms. The second-order valence-electron chi connectivity index (χ2n) is 11.2. The molecule has 2 aromatic rings. The van der Waals surface area contributed by atoms with Gasteiger partial charge in [-0.2, -0.15) is 0 Å². The van der Waals surface area contributed by atoms with Crippen LogP contribution in [0.1, 0.15) is 72.5 Å². The van der Waals surface area contributed by atoms with E-state index < -0.39 is 11.9 Å². The smallest absolute Gasteiger partial charge is 0.255 e. The molecule has 4 aliphatic rings. The Morgan fingerprint density at radius 3 is 2.38 bits per heavy atom. The van der Waals surface area contributed by atoms with Gasteiger partial charge >= 0.3 is 0 Å². The second-order valence-corrected chi connectivity index (χ2v) is 11.2. The number of carbonyl (C=O) groups is 3. The van der Waals surface area contributed by atoms with E-state index in [-0.39, 0.29) is 23.7 Å². The van der Waals surface area contributed by atoms with Crippen molar-refractivity contribution in [3.8, 4) is 5.75 Å². The molecule has 6 rings (SSSR count). The summed E-state index contributed by atoms with van der Waals surface area (Å²) in [5.74, 6) is 1.31. The van der Waals surface area contributed by atoms with Crippen LogP contribution in [0.2, 0.25) is 0 Å². The largest absolute Gasteiger partial charge is 0.489 e. The first-order valence-electron chi connectivity index (χ1n) is 13.6. The number of benzene rings is 2. The monoisotopic (exact) mass is 501 g/mol. The molecule has 3 heterocycles. The van der Waals surface area contributed by atoms with Gasteiger partial charge in [0, 0.05) is 17.5 Å². The van der Waals surface area contributed by atoms with E-state index in [0.29, 0.717) is 30.9 Å². The molecule has 194 valence electrons. The van der Waals surface area contributed by atoms with Crippen molar-refractivity contribution in [2.75, 3.05) is 13.1 Å². The third-order valence-electron chi connectivity index (χ3n) is 9.12. The normalized spacial score (nSPS) is 24.0. The molecular weight excluding hydrogens is 466 g/mol. The lowest BCUT2D eigenvalue weighted by molar-refractivity contribution is -0.136. The van der Waals surface area contributed by atoms with Crippen LogP contribution in [0.25, 0.3) is 0 Å². The summed E-state index contributed by atoms with van der Waals surface area (Å²) in [6.45, 7) is 5.43. The molecule has 2 atom stereocenters. The van der Waals surface area contributed by atoms with Crippen LogP contribution in [0, 0.1) is 11.8 Å². The Bertz CT molecular complexity index is 1220. The Labute approximate surface area is 217 Å². The molecule has 0 radical (unpaired) electrons. The molecule has 1 aliphatic carbocycles. The fraction of sp³-hybridized carbons (Fsp3) is 0.500. The molecule has 37 heavy (non-hydrogen) atoms. The summed E-state index contributed by atoms with van der Waals surface area (Å²) in [7, 11) is 0. The first-order valence-corrected chi connectivity index (χ1v) is 13.6. The maximum absolute atomic E-state index is 13.1. The van der Waals surface area contributed by atoms with Gasteiger partial charge in [-0.25, -0.2) is 0 Å². The molecule has 0 spiro atoms. The number of hydrogen-bond acceptors (Lipinski definition) is 5. The molecule has 3 aliphatic heterocycles. The van der Waals surface area contributed by atoms with E-state index in [1.54, 1.807) is 11.0 Å². The van der Waals surface area contributed by atoms with Crippen LogP contribution >= 0.6 is 0 Å². The van der Waals surface area contributed by atoms with Crippen molar-refractivity contribution in [3.05, 3.63) is 64.7 Å². The SMILES string of the molecule is CC(c1ccc(COc2cccc3c2CN(C2CCC(=O)NC2=O)C3=O)cc1)(C1CCNCC1)C1CC1. The number of rotatable bonds is 7. The highest BCUT2D eigenvalue weighted by molar-refractivity contribution is 6.05.